The molecule has 0 radical (unpaired) electrons. The van der Waals surface area contributed by atoms with Gasteiger partial charge in [-0.25, -0.2) is 4.99 Å². The lowest BCUT2D eigenvalue weighted by Gasteiger charge is -2.17. The Labute approximate surface area is 184 Å². The third-order valence-corrected chi connectivity index (χ3v) is 4.39. The summed E-state index contributed by atoms with van der Waals surface area (Å²) in [6.45, 7) is 2.90. The van der Waals surface area contributed by atoms with E-state index in [0.29, 0.717) is 24.2 Å². The SMILES string of the molecule is COc1ccc(CN=C(NCC(=O)N(C)C)NCC2CCOC2)c(OC)c1.I. The maximum Gasteiger partial charge on any atom is 0.241 e. The molecule has 1 amide bonds. The van der Waals surface area contributed by atoms with Gasteiger partial charge in [0.15, 0.2) is 5.96 Å². The van der Waals surface area contributed by atoms with Crippen molar-refractivity contribution in [2.24, 2.45) is 10.9 Å². The van der Waals surface area contributed by atoms with Gasteiger partial charge in [-0.2, -0.15) is 0 Å². The molecule has 0 saturated carbocycles. The summed E-state index contributed by atoms with van der Waals surface area (Å²) in [7, 11) is 6.70. The fraction of sp³-hybridized carbons (Fsp3) is 0.579. The predicted molar refractivity (Wildman–Crippen MR) is 120 cm³/mol. The lowest BCUT2D eigenvalue weighted by atomic mass is 10.1. The highest BCUT2D eigenvalue weighted by Gasteiger charge is 2.16. The molecular weight excluding hydrogens is 475 g/mol. The molecule has 0 aliphatic carbocycles. The topological polar surface area (TPSA) is 84.4 Å². The maximum absolute atomic E-state index is 11.9. The second-order valence-corrected chi connectivity index (χ2v) is 6.59. The molecule has 1 aromatic rings. The third kappa shape index (κ3) is 7.70. The molecule has 9 heteroatoms. The number of halogens is 1. The van der Waals surface area contributed by atoms with Crippen LogP contribution in [0, 0.1) is 5.92 Å². The maximum atomic E-state index is 11.9. The average molecular weight is 506 g/mol. The number of methoxy groups -OCH3 is 2. The van der Waals surface area contributed by atoms with Crippen LogP contribution in [0.1, 0.15) is 12.0 Å². The molecular formula is C19H31IN4O4. The Morgan fingerprint density at radius 2 is 2.07 bits per heavy atom. The highest BCUT2D eigenvalue weighted by atomic mass is 127. The van der Waals surface area contributed by atoms with Crippen LogP contribution in [0.2, 0.25) is 0 Å². The zero-order valence-electron chi connectivity index (χ0n) is 17.0. The van der Waals surface area contributed by atoms with Gasteiger partial charge >= 0.3 is 0 Å². The quantitative estimate of drug-likeness (QED) is 0.316. The first-order valence-corrected chi connectivity index (χ1v) is 9.04. The zero-order valence-corrected chi connectivity index (χ0v) is 19.3. The minimum Gasteiger partial charge on any atom is -0.497 e. The van der Waals surface area contributed by atoms with Crippen LogP contribution >= 0.6 is 24.0 Å². The Kier molecular flexibility index (Phi) is 11.0. The summed E-state index contributed by atoms with van der Waals surface area (Å²) in [5, 5.41) is 6.41. The minimum absolute atomic E-state index is 0. The summed E-state index contributed by atoms with van der Waals surface area (Å²) in [4.78, 5) is 18.0. The van der Waals surface area contributed by atoms with Gasteiger partial charge in [0.25, 0.3) is 0 Å². The van der Waals surface area contributed by atoms with Gasteiger partial charge in [-0.15, -0.1) is 24.0 Å². The largest absolute Gasteiger partial charge is 0.497 e. The number of rotatable bonds is 8. The smallest absolute Gasteiger partial charge is 0.241 e. The highest BCUT2D eigenvalue weighted by Crippen LogP contribution is 2.25. The molecule has 1 fully saturated rings. The molecule has 1 saturated heterocycles. The van der Waals surface area contributed by atoms with Crippen molar-refractivity contribution in [3.8, 4) is 11.5 Å². The monoisotopic (exact) mass is 506 g/mol. The van der Waals surface area contributed by atoms with E-state index in [-0.39, 0.29) is 36.4 Å². The van der Waals surface area contributed by atoms with Crippen molar-refractivity contribution in [1.29, 1.82) is 0 Å². The van der Waals surface area contributed by atoms with Crippen molar-refractivity contribution in [2.75, 3.05) is 54.6 Å². The summed E-state index contributed by atoms with van der Waals surface area (Å²) in [6, 6.07) is 5.63. The van der Waals surface area contributed by atoms with Gasteiger partial charge in [0.1, 0.15) is 11.5 Å². The number of benzene rings is 1. The first-order chi connectivity index (χ1) is 13.0. The lowest BCUT2D eigenvalue weighted by Crippen LogP contribution is -2.44. The van der Waals surface area contributed by atoms with Crippen LogP contribution < -0.4 is 20.1 Å². The van der Waals surface area contributed by atoms with Crippen LogP contribution in [0.15, 0.2) is 23.2 Å². The molecule has 0 aromatic heterocycles. The van der Waals surface area contributed by atoms with Gasteiger partial charge in [0.05, 0.1) is 33.9 Å². The minimum atomic E-state index is -0.0178. The molecule has 1 unspecified atom stereocenters. The fourth-order valence-corrected chi connectivity index (χ4v) is 2.62. The number of nitrogens with zero attached hydrogens (tertiary/aromatic N) is 2. The number of likely N-dealkylation sites (N-methyl/N-ethyl adjacent to an activating group) is 1. The Balaban J connectivity index is 0.00000392. The normalized spacial score (nSPS) is 16.1. The van der Waals surface area contributed by atoms with Crippen LogP contribution in [0.5, 0.6) is 11.5 Å². The number of nitrogens with one attached hydrogen (secondary N) is 2. The molecule has 2 N–H and O–H groups in total. The third-order valence-electron chi connectivity index (χ3n) is 4.39. The van der Waals surface area contributed by atoms with Crippen LogP contribution in [0.4, 0.5) is 0 Å². The lowest BCUT2D eigenvalue weighted by molar-refractivity contribution is -0.127. The summed E-state index contributed by atoms with van der Waals surface area (Å²) < 4.78 is 16.1. The van der Waals surface area contributed by atoms with Crippen LogP contribution in [-0.4, -0.2) is 71.4 Å². The molecule has 1 aromatic carbocycles. The van der Waals surface area contributed by atoms with E-state index in [2.05, 4.69) is 15.6 Å². The average Bonchev–Trinajstić information content (AvgIpc) is 3.20. The summed E-state index contributed by atoms with van der Waals surface area (Å²) >= 11 is 0. The molecule has 158 valence electrons. The highest BCUT2D eigenvalue weighted by molar-refractivity contribution is 14.0. The zero-order chi connectivity index (χ0) is 19.6. The molecule has 2 rings (SSSR count). The van der Waals surface area contributed by atoms with Crippen molar-refractivity contribution in [3.63, 3.8) is 0 Å². The first kappa shape index (κ1) is 24.3. The van der Waals surface area contributed by atoms with Crippen LogP contribution in [0.3, 0.4) is 0 Å². The van der Waals surface area contributed by atoms with Gasteiger partial charge in [-0.1, -0.05) is 0 Å². The molecule has 1 atom stereocenters. The van der Waals surface area contributed by atoms with Crippen molar-refractivity contribution in [1.82, 2.24) is 15.5 Å². The number of ether oxygens (including phenoxy) is 3. The van der Waals surface area contributed by atoms with Gasteiger partial charge in [0.2, 0.25) is 5.91 Å². The van der Waals surface area contributed by atoms with Crippen molar-refractivity contribution >= 4 is 35.8 Å². The number of hydrogen-bond acceptors (Lipinski definition) is 5. The molecule has 0 spiro atoms. The van der Waals surface area contributed by atoms with Crippen molar-refractivity contribution in [2.45, 2.75) is 13.0 Å². The Morgan fingerprint density at radius 1 is 1.29 bits per heavy atom. The number of amides is 1. The number of guanidine groups is 1. The Hall–Kier alpha value is -1.75. The number of carbonyl (C=O) groups excluding carboxylic acids is 1. The molecule has 0 bridgehead atoms. The standard InChI is InChI=1S/C19H30N4O4.HI/c1-23(2)18(24)12-22-19(20-10-14-7-8-27-13-14)21-11-15-5-6-16(25-3)9-17(15)26-4;/h5-6,9,14H,7-8,10-13H2,1-4H3,(H2,20,21,22);1H. The number of hydrogen-bond donors (Lipinski definition) is 2. The van der Waals surface area contributed by atoms with Crippen LogP contribution in [0.25, 0.3) is 0 Å². The predicted octanol–water partition coefficient (Wildman–Crippen LogP) is 1.48. The molecule has 1 aliphatic rings. The van der Waals surface area contributed by atoms with E-state index >= 15 is 0 Å². The van der Waals surface area contributed by atoms with Crippen molar-refractivity contribution < 1.29 is 19.0 Å². The number of aliphatic imine (C=N–C) groups is 1. The molecule has 1 heterocycles. The second kappa shape index (κ2) is 12.7. The Bertz CT molecular complexity index is 649. The van der Waals surface area contributed by atoms with E-state index < -0.39 is 0 Å². The van der Waals surface area contributed by atoms with Gasteiger partial charge in [-0.3, -0.25) is 4.79 Å². The molecule has 1 aliphatic heterocycles. The summed E-state index contributed by atoms with van der Waals surface area (Å²) in [5.74, 6) is 2.47. The van der Waals surface area contributed by atoms with E-state index in [1.54, 1.807) is 33.2 Å². The van der Waals surface area contributed by atoms with Gasteiger partial charge in [-0.05, 0) is 18.6 Å². The van der Waals surface area contributed by atoms with E-state index in [1.807, 2.05) is 18.2 Å². The second-order valence-electron chi connectivity index (χ2n) is 6.59. The van der Waals surface area contributed by atoms with E-state index in [0.717, 1.165) is 37.5 Å². The van der Waals surface area contributed by atoms with E-state index in [4.69, 9.17) is 14.2 Å². The molecule has 28 heavy (non-hydrogen) atoms. The summed E-state index contributed by atoms with van der Waals surface area (Å²) in [6.07, 6.45) is 1.03. The van der Waals surface area contributed by atoms with Crippen LogP contribution in [-0.2, 0) is 16.1 Å². The van der Waals surface area contributed by atoms with E-state index in [9.17, 15) is 4.79 Å². The fourth-order valence-electron chi connectivity index (χ4n) is 2.62. The molecule has 8 nitrogen and oxygen atoms in total. The van der Waals surface area contributed by atoms with Gasteiger partial charge in [0, 0.05) is 44.8 Å². The summed E-state index contributed by atoms with van der Waals surface area (Å²) in [5.41, 5.74) is 0.933. The number of carbonyl (C=O) groups is 1. The van der Waals surface area contributed by atoms with Crippen molar-refractivity contribution in [3.05, 3.63) is 23.8 Å². The van der Waals surface area contributed by atoms with E-state index in [1.165, 1.54) is 0 Å². The first-order valence-electron chi connectivity index (χ1n) is 9.04. The van der Waals surface area contributed by atoms with Gasteiger partial charge < -0.3 is 29.7 Å². The Morgan fingerprint density at radius 3 is 2.68 bits per heavy atom.